The molecule has 2 aromatic carbocycles. The van der Waals surface area contributed by atoms with Gasteiger partial charge < -0.3 is 4.98 Å². The third-order valence-electron chi connectivity index (χ3n) is 3.26. The van der Waals surface area contributed by atoms with E-state index in [1.54, 1.807) is 0 Å². The Kier molecular flexibility index (Phi) is 2.52. The lowest BCUT2D eigenvalue weighted by molar-refractivity contribution is 1.39. The van der Waals surface area contributed by atoms with Crippen molar-refractivity contribution in [3.05, 3.63) is 56.2 Å². The second-order valence-corrected chi connectivity index (χ2v) is 5.42. The van der Waals surface area contributed by atoms with Crippen molar-refractivity contribution in [1.29, 1.82) is 0 Å². The van der Waals surface area contributed by atoms with Gasteiger partial charge in [-0.3, -0.25) is 4.79 Å². The van der Waals surface area contributed by atoms with E-state index in [9.17, 15) is 4.79 Å². The van der Waals surface area contributed by atoms with Crippen LogP contribution in [0.2, 0.25) is 0 Å². The molecule has 3 aromatic rings. The quantitative estimate of drug-likeness (QED) is 0.624. The van der Waals surface area contributed by atoms with Crippen molar-refractivity contribution in [2.24, 2.45) is 0 Å². The molecule has 0 aliphatic carbocycles. The number of aromatic nitrogens is 1. The summed E-state index contributed by atoms with van der Waals surface area (Å²) in [5.41, 5.74) is 4.10. The zero-order valence-corrected chi connectivity index (χ0v) is 11.8. The number of aromatic amines is 1. The van der Waals surface area contributed by atoms with E-state index in [0.717, 1.165) is 37.4 Å². The number of nitrogens with one attached hydrogen (secondary N) is 1. The van der Waals surface area contributed by atoms with Gasteiger partial charge in [0.1, 0.15) is 0 Å². The molecule has 1 aromatic heterocycles. The van der Waals surface area contributed by atoms with E-state index in [2.05, 4.69) is 20.9 Å². The molecule has 0 aliphatic rings. The van der Waals surface area contributed by atoms with Gasteiger partial charge in [-0.25, -0.2) is 0 Å². The number of hydrogen-bond donors (Lipinski definition) is 1. The van der Waals surface area contributed by atoms with Crippen LogP contribution < -0.4 is 5.43 Å². The summed E-state index contributed by atoms with van der Waals surface area (Å²) in [4.78, 5) is 15.8. The van der Waals surface area contributed by atoms with Crippen LogP contribution in [-0.2, 0) is 0 Å². The molecule has 2 nitrogen and oxygen atoms in total. The topological polar surface area (TPSA) is 32.9 Å². The highest BCUT2D eigenvalue weighted by Gasteiger charge is 2.09. The summed E-state index contributed by atoms with van der Waals surface area (Å²) in [6.07, 6.45) is 0. The van der Waals surface area contributed by atoms with Crippen molar-refractivity contribution in [1.82, 2.24) is 4.98 Å². The first-order valence-corrected chi connectivity index (χ1v) is 6.58. The Balaban J connectivity index is 2.61. The number of H-pyrrole nitrogens is 1. The fraction of sp³-hybridized carbons (Fsp3) is 0.133. The molecule has 0 atom stereocenters. The highest BCUT2D eigenvalue weighted by atomic mass is 79.9. The van der Waals surface area contributed by atoms with Crippen molar-refractivity contribution >= 4 is 37.7 Å². The van der Waals surface area contributed by atoms with Gasteiger partial charge in [-0.15, -0.1) is 0 Å². The van der Waals surface area contributed by atoms with Crippen molar-refractivity contribution in [3.63, 3.8) is 0 Å². The lowest BCUT2D eigenvalue weighted by Crippen LogP contribution is -2.05. The molecule has 18 heavy (non-hydrogen) atoms. The standard InChI is InChI=1S/C15H12BrNO/c1-8-3-5-10-12(7-8)17-14-11(15(10)18)6-4-9(2)13(14)16/h3-7H,1-2H3,(H,17,18). The predicted octanol–water partition coefficient (Wildman–Crippen LogP) is 4.06. The maximum atomic E-state index is 12.4. The molecular weight excluding hydrogens is 290 g/mol. The molecule has 1 N–H and O–H groups in total. The van der Waals surface area contributed by atoms with Gasteiger partial charge in [-0.2, -0.15) is 0 Å². The minimum absolute atomic E-state index is 0.0828. The molecule has 0 aliphatic heterocycles. The van der Waals surface area contributed by atoms with Gasteiger partial charge in [0, 0.05) is 15.2 Å². The van der Waals surface area contributed by atoms with Crippen LogP contribution in [-0.4, -0.2) is 4.98 Å². The Morgan fingerprint density at radius 2 is 1.78 bits per heavy atom. The van der Waals surface area contributed by atoms with Crippen molar-refractivity contribution in [2.75, 3.05) is 0 Å². The van der Waals surface area contributed by atoms with E-state index < -0.39 is 0 Å². The Hall–Kier alpha value is -1.61. The number of pyridine rings is 1. The van der Waals surface area contributed by atoms with Gasteiger partial charge in [0.05, 0.1) is 11.0 Å². The summed E-state index contributed by atoms with van der Waals surface area (Å²) in [6, 6.07) is 9.70. The average molecular weight is 302 g/mol. The number of hydrogen-bond acceptors (Lipinski definition) is 1. The van der Waals surface area contributed by atoms with E-state index in [0.29, 0.717) is 0 Å². The second kappa shape index (κ2) is 3.95. The normalized spacial score (nSPS) is 11.3. The van der Waals surface area contributed by atoms with Gasteiger partial charge in [-0.05, 0) is 59.1 Å². The van der Waals surface area contributed by atoms with Gasteiger partial charge in [-0.1, -0.05) is 12.1 Å². The van der Waals surface area contributed by atoms with Gasteiger partial charge >= 0.3 is 0 Å². The Morgan fingerprint density at radius 3 is 2.56 bits per heavy atom. The van der Waals surface area contributed by atoms with Crippen LogP contribution in [0.25, 0.3) is 21.8 Å². The Labute approximate surface area is 113 Å². The molecule has 1 heterocycles. The molecule has 0 radical (unpaired) electrons. The molecule has 0 saturated carbocycles. The zero-order valence-electron chi connectivity index (χ0n) is 10.2. The third-order valence-corrected chi connectivity index (χ3v) is 4.28. The van der Waals surface area contributed by atoms with Crippen LogP contribution in [0.3, 0.4) is 0 Å². The average Bonchev–Trinajstić information content (AvgIpc) is 2.34. The van der Waals surface area contributed by atoms with E-state index in [-0.39, 0.29) is 5.43 Å². The fourth-order valence-electron chi connectivity index (χ4n) is 2.23. The molecule has 0 fully saturated rings. The first-order chi connectivity index (χ1) is 8.58. The van der Waals surface area contributed by atoms with Crippen LogP contribution >= 0.6 is 15.9 Å². The monoisotopic (exact) mass is 301 g/mol. The predicted molar refractivity (Wildman–Crippen MR) is 79.2 cm³/mol. The van der Waals surface area contributed by atoms with Gasteiger partial charge in [0.15, 0.2) is 5.43 Å². The summed E-state index contributed by atoms with van der Waals surface area (Å²) in [6.45, 7) is 4.04. The summed E-state index contributed by atoms with van der Waals surface area (Å²) < 4.78 is 0.959. The van der Waals surface area contributed by atoms with Crippen LogP contribution in [0, 0.1) is 13.8 Å². The minimum atomic E-state index is 0.0828. The SMILES string of the molecule is Cc1ccc2c(=O)c3ccc(C)c(Br)c3[nH]c2c1. The Bertz CT molecular complexity index is 833. The molecule has 0 amide bonds. The lowest BCUT2D eigenvalue weighted by Gasteiger charge is -2.07. The lowest BCUT2D eigenvalue weighted by atomic mass is 10.1. The highest BCUT2D eigenvalue weighted by molar-refractivity contribution is 9.10. The van der Waals surface area contributed by atoms with Crippen molar-refractivity contribution in [3.8, 4) is 0 Å². The highest BCUT2D eigenvalue weighted by Crippen LogP contribution is 2.26. The van der Waals surface area contributed by atoms with E-state index >= 15 is 0 Å². The van der Waals surface area contributed by atoms with E-state index in [4.69, 9.17) is 0 Å². The number of aryl methyl sites for hydroxylation is 2. The molecule has 90 valence electrons. The van der Waals surface area contributed by atoms with Crippen molar-refractivity contribution < 1.29 is 0 Å². The summed E-state index contributed by atoms with van der Waals surface area (Å²) in [5.74, 6) is 0. The van der Waals surface area contributed by atoms with E-state index in [1.165, 1.54) is 0 Å². The maximum absolute atomic E-state index is 12.4. The maximum Gasteiger partial charge on any atom is 0.197 e. The molecule has 0 spiro atoms. The molecule has 0 saturated heterocycles. The first kappa shape index (κ1) is 11.5. The second-order valence-electron chi connectivity index (χ2n) is 4.62. The smallest absolute Gasteiger partial charge is 0.197 e. The van der Waals surface area contributed by atoms with Crippen LogP contribution in [0.15, 0.2) is 39.6 Å². The zero-order chi connectivity index (χ0) is 12.9. The van der Waals surface area contributed by atoms with E-state index in [1.807, 2.05) is 44.2 Å². The van der Waals surface area contributed by atoms with Crippen LogP contribution in [0.4, 0.5) is 0 Å². The summed E-state index contributed by atoms with van der Waals surface area (Å²) in [5, 5.41) is 1.47. The van der Waals surface area contributed by atoms with Crippen LogP contribution in [0.1, 0.15) is 11.1 Å². The first-order valence-electron chi connectivity index (χ1n) is 5.79. The Morgan fingerprint density at radius 1 is 1.06 bits per heavy atom. The van der Waals surface area contributed by atoms with Crippen molar-refractivity contribution in [2.45, 2.75) is 13.8 Å². The van der Waals surface area contributed by atoms with Crippen LogP contribution in [0.5, 0.6) is 0 Å². The molecule has 3 rings (SSSR count). The summed E-state index contributed by atoms with van der Waals surface area (Å²) in [7, 11) is 0. The van der Waals surface area contributed by atoms with Gasteiger partial charge in [0.25, 0.3) is 0 Å². The molecule has 3 heteroatoms. The summed E-state index contributed by atoms with van der Waals surface area (Å²) >= 11 is 3.55. The van der Waals surface area contributed by atoms with Gasteiger partial charge in [0.2, 0.25) is 0 Å². The third kappa shape index (κ3) is 1.58. The molecule has 0 unspecified atom stereocenters. The number of halogens is 1. The minimum Gasteiger partial charge on any atom is -0.353 e. The number of fused-ring (bicyclic) bond motifs is 2. The largest absolute Gasteiger partial charge is 0.353 e. The molecular formula is C15H12BrNO. The fourth-order valence-corrected chi connectivity index (χ4v) is 2.68. The molecule has 0 bridgehead atoms. The number of benzene rings is 2. The number of rotatable bonds is 0.